The lowest BCUT2D eigenvalue weighted by molar-refractivity contribution is -0.253. The van der Waals surface area contributed by atoms with E-state index in [4.69, 9.17) is 14.2 Å². The lowest BCUT2D eigenvalue weighted by Gasteiger charge is -2.37. The van der Waals surface area contributed by atoms with Gasteiger partial charge in [-0.3, -0.25) is 0 Å². The van der Waals surface area contributed by atoms with Crippen molar-refractivity contribution in [2.45, 2.75) is 55.2 Å². The van der Waals surface area contributed by atoms with Crippen LogP contribution in [0.1, 0.15) is 13.8 Å². The van der Waals surface area contributed by atoms with Gasteiger partial charge in [0.1, 0.15) is 18.3 Å². The van der Waals surface area contributed by atoms with Crippen LogP contribution in [0.15, 0.2) is 35.2 Å². The van der Waals surface area contributed by atoms with Crippen LogP contribution in [0.5, 0.6) is 0 Å². The molecule has 0 spiro atoms. The third-order valence-electron chi connectivity index (χ3n) is 3.63. The van der Waals surface area contributed by atoms with Crippen LogP contribution in [0.2, 0.25) is 0 Å². The van der Waals surface area contributed by atoms with E-state index in [2.05, 4.69) is 0 Å². The summed E-state index contributed by atoms with van der Waals surface area (Å²) in [5, 5.41) is 19.8. The zero-order valence-electron chi connectivity index (χ0n) is 12.0. The van der Waals surface area contributed by atoms with Crippen molar-refractivity contribution < 1.29 is 24.4 Å². The summed E-state index contributed by atoms with van der Waals surface area (Å²) in [6.07, 6.45) is -3.61. The van der Waals surface area contributed by atoms with E-state index in [9.17, 15) is 10.2 Å². The van der Waals surface area contributed by atoms with Crippen LogP contribution in [-0.2, 0) is 14.2 Å². The minimum Gasteiger partial charge on any atom is -0.385 e. The highest BCUT2D eigenvalue weighted by Gasteiger charge is 2.54. The van der Waals surface area contributed by atoms with Gasteiger partial charge in [-0.25, -0.2) is 0 Å². The van der Waals surface area contributed by atoms with E-state index in [1.54, 1.807) is 25.6 Å². The molecule has 2 saturated heterocycles. The molecule has 2 heterocycles. The third kappa shape index (κ3) is 3.26. The van der Waals surface area contributed by atoms with Crippen molar-refractivity contribution in [1.29, 1.82) is 0 Å². The summed E-state index contributed by atoms with van der Waals surface area (Å²) in [6.45, 7) is 3.59. The van der Waals surface area contributed by atoms with Gasteiger partial charge in [0.15, 0.2) is 12.1 Å². The normalized spacial score (nSPS) is 38.2. The van der Waals surface area contributed by atoms with E-state index in [1.165, 1.54) is 0 Å². The summed E-state index contributed by atoms with van der Waals surface area (Å²) in [5.74, 6) is -0.159. The minimum atomic E-state index is -1.25. The second-order valence-corrected chi connectivity index (χ2v) is 6.84. The van der Waals surface area contributed by atoms with E-state index in [1.807, 2.05) is 30.3 Å². The molecule has 2 N–H and O–H groups in total. The van der Waals surface area contributed by atoms with Gasteiger partial charge in [0.05, 0.1) is 6.10 Å². The summed E-state index contributed by atoms with van der Waals surface area (Å²) >= 11 is 1.63. The molecule has 1 aromatic rings. The van der Waals surface area contributed by atoms with Gasteiger partial charge in [-0.2, -0.15) is 0 Å². The number of ether oxygens (including phenoxy) is 3. The third-order valence-corrected chi connectivity index (χ3v) is 4.73. The van der Waals surface area contributed by atoms with Gasteiger partial charge in [-0.05, 0) is 26.0 Å². The summed E-state index contributed by atoms with van der Waals surface area (Å²) in [6, 6.07) is 9.96. The molecule has 0 aliphatic carbocycles. The average Bonchev–Trinajstić information content (AvgIpc) is 2.79. The Hall–Kier alpha value is -0.630. The predicted octanol–water partition coefficient (Wildman–Crippen LogP) is 1.38. The Morgan fingerprint density at radius 3 is 2.48 bits per heavy atom. The standard InChI is InChI=1S/C15H20O5S/c1-15(2)19-12-10(8-21-9-6-4-3-5-7-9)18-14(17)11(16)13(12)20-15/h3-7,10-14,16-17H,8H2,1-2H3/t10-,11-,12+,13-,14-/m1/s1. The van der Waals surface area contributed by atoms with Crippen LogP contribution in [0.25, 0.3) is 0 Å². The van der Waals surface area contributed by atoms with Gasteiger partial charge in [-0.15, -0.1) is 11.8 Å². The van der Waals surface area contributed by atoms with Crippen molar-refractivity contribution in [2.75, 3.05) is 5.75 Å². The summed E-state index contributed by atoms with van der Waals surface area (Å²) in [7, 11) is 0. The Bertz CT molecular complexity index is 480. The van der Waals surface area contributed by atoms with Gasteiger partial charge in [0, 0.05) is 10.6 Å². The quantitative estimate of drug-likeness (QED) is 0.822. The Morgan fingerprint density at radius 1 is 1.10 bits per heavy atom. The Morgan fingerprint density at radius 2 is 1.76 bits per heavy atom. The van der Waals surface area contributed by atoms with Crippen LogP contribution >= 0.6 is 11.8 Å². The number of hydrogen-bond acceptors (Lipinski definition) is 6. The summed E-state index contributed by atoms with van der Waals surface area (Å²) < 4.78 is 17.0. The summed E-state index contributed by atoms with van der Waals surface area (Å²) in [4.78, 5) is 1.12. The fourth-order valence-electron chi connectivity index (χ4n) is 2.70. The molecule has 0 radical (unpaired) electrons. The van der Waals surface area contributed by atoms with Gasteiger partial charge in [0.2, 0.25) is 0 Å². The molecule has 0 amide bonds. The van der Waals surface area contributed by atoms with Gasteiger partial charge in [0.25, 0.3) is 0 Å². The lowest BCUT2D eigenvalue weighted by atomic mass is 10.0. The molecule has 6 heteroatoms. The van der Waals surface area contributed by atoms with E-state index in [-0.39, 0.29) is 12.2 Å². The van der Waals surface area contributed by atoms with Crippen LogP contribution in [0, 0.1) is 0 Å². The van der Waals surface area contributed by atoms with Crippen molar-refractivity contribution in [2.24, 2.45) is 0 Å². The molecular weight excluding hydrogens is 292 g/mol. The second-order valence-electron chi connectivity index (χ2n) is 5.74. The minimum absolute atomic E-state index is 0.333. The molecule has 5 atom stereocenters. The maximum absolute atomic E-state index is 10.00. The zero-order valence-corrected chi connectivity index (χ0v) is 12.8. The predicted molar refractivity (Wildman–Crippen MR) is 77.9 cm³/mol. The zero-order chi connectivity index (χ0) is 15.0. The number of aliphatic hydroxyl groups is 2. The molecule has 1 aromatic carbocycles. The average molecular weight is 312 g/mol. The number of benzene rings is 1. The number of fused-ring (bicyclic) bond motifs is 1. The Labute approximate surface area is 128 Å². The fourth-order valence-corrected chi connectivity index (χ4v) is 3.67. The maximum Gasteiger partial charge on any atom is 0.184 e. The van der Waals surface area contributed by atoms with Crippen molar-refractivity contribution in [3.63, 3.8) is 0 Å². The smallest absolute Gasteiger partial charge is 0.184 e. The van der Waals surface area contributed by atoms with Crippen molar-refractivity contribution in [3.05, 3.63) is 30.3 Å². The number of rotatable bonds is 3. The first-order chi connectivity index (χ1) is 9.96. The monoisotopic (exact) mass is 312 g/mol. The molecule has 2 fully saturated rings. The lowest BCUT2D eigenvalue weighted by Crippen LogP contribution is -2.56. The molecular formula is C15H20O5S. The van der Waals surface area contributed by atoms with Crippen molar-refractivity contribution >= 4 is 11.8 Å². The maximum atomic E-state index is 10.00. The van der Waals surface area contributed by atoms with E-state index < -0.39 is 24.3 Å². The van der Waals surface area contributed by atoms with E-state index in [0.717, 1.165) is 4.90 Å². The van der Waals surface area contributed by atoms with Gasteiger partial charge >= 0.3 is 0 Å². The number of thioether (sulfide) groups is 1. The first-order valence-electron chi connectivity index (χ1n) is 7.01. The highest BCUT2D eigenvalue weighted by molar-refractivity contribution is 7.99. The van der Waals surface area contributed by atoms with Crippen molar-refractivity contribution in [1.82, 2.24) is 0 Å². The number of hydrogen-bond donors (Lipinski definition) is 2. The molecule has 5 nitrogen and oxygen atoms in total. The molecule has 3 rings (SSSR count). The molecule has 0 bridgehead atoms. The number of aliphatic hydroxyl groups excluding tert-OH is 2. The first-order valence-corrected chi connectivity index (χ1v) is 8.00. The highest BCUT2D eigenvalue weighted by atomic mass is 32.2. The highest BCUT2D eigenvalue weighted by Crippen LogP contribution is 2.38. The van der Waals surface area contributed by atoms with Crippen LogP contribution in [-0.4, -0.2) is 52.5 Å². The summed E-state index contributed by atoms with van der Waals surface area (Å²) in [5.41, 5.74) is 0. The van der Waals surface area contributed by atoms with Crippen LogP contribution < -0.4 is 0 Å². The molecule has 116 valence electrons. The molecule has 21 heavy (non-hydrogen) atoms. The van der Waals surface area contributed by atoms with Crippen LogP contribution in [0.4, 0.5) is 0 Å². The molecule has 0 aromatic heterocycles. The molecule has 0 unspecified atom stereocenters. The topological polar surface area (TPSA) is 68.2 Å². The molecule has 2 aliphatic rings. The largest absolute Gasteiger partial charge is 0.385 e. The van der Waals surface area contributed by atoms with E-state index >= 15 is 0 Å². The van der Waals surface area contributed by atoms with E-state index in [0.29, 0.717) is 5.75 Å². The Kier molecular flexibility index (Phi) is 4.27. The molecule has 0 saturated carbocycles. The SMILES string of the molecule is CC1(C)O[C@@H]2[C@@H](O)[C@H](O)O[C@H](CSc3ccccc3)[C@@H]2O1. The Balaban J connectivity index is 1.69. The fraction of sp³-hybridized carbons (Fsp3) is 0.600. The van der Waals surface area contributed by atoms with Gasteiger partial charge < -0.3 is 24.4 Å². The second kappa shape index (κ2) is 5.87. The van der Waals surface area contributed by atoms with Crippen LogP contribution in [0.3, 0.4) is 0 Å². The van der Waals surface area contributed by atoms with Crippen molar-refractivity contribution in [3.8, 4) is 0 Å². The first kappa shape index (κ1) is 15.3. The molecule has 2 aliphatic heterocycles. The van der Waals surface area contributed by atoms with Gasteiger partial charge in [-0.1, -0.05) is 18.2 Å².